The topological polar surface area (TPSA) is 56.7 Å². The van der Waals surface area contributed by atoms with E-state index in [9.17, 15) is 4.79 Å². The van der Waals surface area contributed by atoms with Gasteiger partial charge >= 0.3 is 0 Å². The molecule has 0 saturated heterocycles. The van der Waals surface area contributed by atoms with Gasteiger partial charge in [-0.3, -0.25) is 9.79 Å². The fourth-order valence-electron chi connectivity index (χ4n) is 4.13. The minimum atomic E-state index is 0. The number of para-hydroxylation sites is 1. The van der Waals surface area contributed by atoms with Crippen LogP contribution in [0.1, 0.15) is 51.0 Å². The lowest BCUT2D eigenvalue weighted by molar-refractivity contribution is -0.118. The summed E-state index contributed by atoms with van der Waals surface area (Å²) in [5, 5.41) is 6.90. The normalized spacial score (nSPS) is 22.0. The fraction of sp³-hybridized carbons (Fsp3) is 0.619. The summed E-state index contributed by atoms with van der Waals surface area (Å²) in [5.74, 6) is 1.88. The molecule has 2 unspecified atom stereocenters. The Kier molecular flexibility index (Phi) is 8.86. The number of fused-ring (bicyclic) bond motifs is 1. The van der Waals surface area contributed by atoms with E-state index >= 15 is 0 Å². The molecule has 1 fully saturated rings. The maximum Gasteiger partial charge on any atom is 0.227 e. The van der Waals surface area contributed by atoms with Crippen LogP contribution in [-0.2, 0) is 11.2 Å². The van der Waals surface area contributed by atoms with E-state index in [1.54, 1.807) is 0 Å². The van der Waals surface area contributed by atoms with Crippen molar-refractivity contribution in [3.63, 3.8) is 0 Å². The van der Waals surface area contributed by atoms with Crippen molar-refractivity contribution in [3.8, 4) is 0 Å². The van der Waals surface area contributed by atoms with Crippen molar-refractivity contribution in [2.45, 2.75) is 57.9 Å². The summed E-state index contributed by atoms with van der Waals surface area (Å²) in [5.41, 5.74) is 2.37. The summed E-state index contributed by atoms with van der Waals surface area (Å²) in [6.07, 6.45) is 7.42. The first kappa shape index (κ1) is 22.0. The van der Waals surface area contributed by atoms with Crippen LogP contribution < -0.4 is 15.5 Å². The van der Waals surface area contributed by atoms with Crippen LogP contribution in [0.3, 0.4) is 0 Å². The van der Waals surface area contributed by atoms with Gasteiger partial charge < -0.3 is 15.5 Å². The molecular weight excluding hydrogens is 451 g/mol. The number of carbonyl (C=O) groups is 1. The summed E-state index contributed by atoms with van der Waals surface area (Å²) in [7, 11) is 1.81. The van der Waals surface area contributed by atoms with Crippen LogP contribution in [-0.4, -0.2) is 38.0 Å². The van der Waals surface area contributed by atoms with Crippen molar-refractivity contribution in [3.05, 3.63) is 29.8 Å². The highest BCUT2D eigenvalue weighted by molar-refractivity contribution is 14.0. The lowest BCUT2D eigenvalue weighted by Crippen LogP contribution is -2.45. The largest absolute Gasteiger partial charge is 0.356 e. The second-order valence-corrected chi connectivity index (χ2v) is 7.64. The Hall–Kier alpha value is -1.31. The van der Waals surface area contributed by atoms with Gasteiger partial charge in [-0.25, -0.2) is 0 Å². The van der Waals surface area contributed by atoms with Gasteiger partial charge in [0.25, 0.3) is 0 Å². The summed E-state index contributed by atoms with van der Waals surface area (Å²) in [6.45, 7) is 3.91. The monoisotopic (exact) mass is 484 g/mol. The number of guanidine groups is 1. The molecule has 5 nitrogen and oxygen atoms in total. The molecule has 0 aromatic heterocycles. The van der Waals surface area contributed by atoms with Crippen LogP contribution >= 0.6 is 24.0 Å². The summed E-state index contributed by atoms with van der Waals surface area (Å²) in [6, 6.07) is 8.74. The zero-order chi connectivity index (χ0) is 18.4. The van der Waals surface area contributed by atoms with Crippen LogP contribution in [0.25, 0.3) is 0 Å². The van der Waals surface area contributed by atoms with E-state index < -0.39 is 0 Å². The van der Waals surface area contributed by atoms with Crippen LogP contribution in [0, 0.1) is 5.92 Å². The highest BCUT2D eigenvalue weighted by Gasteiger charge is 2.23. The molecule has 6 heteroatoms. The Morgan fingerprint density at radius 2 is 2.11 bits per heavy atom. The van der Waals surface area contributed by atoms with Gasteiger partial charge in [-0.05, 0) is 43.2 Å². The molecule has 0 radical (unpaired) electrons. The lowest BCUT2D eigenvalue weighted by Gasteiger charge is -2.28. The van der Waals surface area contributed by atoms with Crippen molar-refractivity contribution in [1.82, 2.24) is 10.6 Å². The summed E-state index contributed by atoms with van der Waals surface area (Å²) >= 11 is 0. The number of hydrogen-bond acceptors (Lipinski definition) is 2. The van der Waals surface area contributed by atoms with Gasteiger partial charge in [0.05, 0.1) is 0 Å². The second kappa shape index (κ2) is 10.9. The van der Waals surface area contributed by atoms with Gasteiger partial charge in [-0.2, -0.15) is 0 Å². The van der Waals surface area contributed by atoms with Crippen LogP contribution in [0.2, 0.25) is 0 Å². The minimum absolute atomic E-state index is 0. The van der Waals surface area contributed by atoms with Crippen LogP contribution in [0.5, 0.6) is 0 Å². The Labute approximate surface area is 180 Å². The number of amides is 1. The second-order valence-electron chi connectivity index (χ2n) is 7.64. The van der Waals surface area contributed by atoms with Crippen molar-refractivity contribution < 1.29 is 4.79 Å². The third-order valence-electron chi connectivity index (χ3n) is 5.55. The number of nitrogens with one attached hydrogen (secondary N) is 2. The van der Waals surface area contributed by atoms with Crippen LogP contribution in [0.4, 0.5) is 5.69 Å². The van der Waals surface area contributed by atoms with Crippen molar-refractivity contribution in [2.24, 2.45) is 10.9 Å². The van der Waals surface area contributed by atoms with E-state index in [-0.39, 0.29) is 29.9 Å². The molecular formula is C21H33IN4O. The molecule has 1 aromatic carbocycles. The average molecular weight is 484 g/mol. The molecule has 0 bridgehead atoms. The molecule has 27 heavy (non-hydrogen) atoms. The zero-order valence-corrected chi connectivity index (χ0v) is 18.9. The van der Waals surface area contributed by atoms with Gasteiger partial charge in [0.1, 0.15) is 0 Å². The Morgan fingerprint density at radius 3 is 2.89 bits per heavy atom. The molecule has 0 spiro atoms. The SMILES string of the molecule is CN=C(NCCCC(=O)N1CCc2ccccc21)NC1CCCC(C)C1.I. The standard InChI is InChI=1S/C21H32N4O.HI/c1-16-7-5-9-18(15-16)24-21(22-2)23-13-6-11-20(26)25-14-12-17-8-3-4-10-19(17)25;/h3-4,8,10,16,18H,5-7,9,11-15H2,1-2H3,(H2,22,23,24);1H. The van der Waals surface area contributed by atoms with E-state index in [1.165, 1.54) is 31.2 Å². The number of carbonyl (C=O) groups excluding carboxylic acids is 1. The molecule has 1 aliphatic carbocycles. The van der Waals surface area contributed by atoms with E-state index in [0.717, 1.165) is 43.5 Å². The molecule has 2 aliphatic rings. The van der Waals surface area contributed by atoms with Gasteiger partial charge in [0.2, 0.25) is 5.91 Å². The van der Waals surface area contributed by atoms with Gasteiger partial charge in [-0.1, -0.05) is 38.0 Å². The maximum atomic E-state index is 12.5. The Morgan fingerprint density at radius 1 is 1.30 bits per heavy atom. The van der Waals surface area contributed by atoms with Gasteiger partial charge in [0, 0.05) is 38.3 Å². The van der Waals surface area contributed by atoms with Crippen molar-refractivity contribution in [1.29, 1.82) is 0 Å². The first-order valence-corrected chi connectivity index (χ1v) is 10.0. The van der Waals surface area contributed by atoms with E-state index in [0.29, 0.717) is 12.5 Å². The van der Waals surface area contributed by atoms with Crippen molar-refractivity contribution >= 4 is 41.5 Å². The number of aliphatic imine (C=N–C) groups is 1. The van der Waals surface area contributed by atoms with Crippen molar-refractivity contribution in [2.75, 3.05) is 25.0 Å². The highest BCUT2D eigenvalue weighted by Crippen LogP contribution is 2.28. The maximum absolute atomic E-state index is 12.5. The molecule has 1 aliphatic heterocycles. The quantitative estimate of drug-likeness (QED) is 0.290. The molecule has 1 heterocycles. The highest BCUT2D eigenvalue weighted by atomic mass is 127. The molecule has 150 valence electrons. The van der Waals surface area contributed by atoms with Gasteiger partial charge in [-0.15, -0.1) is 24.0 Å². The lowest BCUT2D eigenvalue weighted by atomic mass is 9.87. The predicted octanol–water partition coefficient (Wildman–Crippen LogP) is 3.72. The number of hydrogen-bond donors (Lipinski definition) is 2. The van der Waals surface area contributed by atoms with Crippen LogP contribution in [0.15, 0.2) is 29.3 Å². The minimum Gasteiger partial charge on any atom is -0.356 e. The molecule has 3 rings (SSSR count). The zero-order valence-electron chi connectivity index (χ0n) is 16.5. The number of benzene rings is 1. The Bertz CT molecular complexity index is 649. The third-order valence-corrected chi connectivity index (χ3v) is 5.55. The fourth-order valence-corrected chi connectivity index (χ4v) is 4.13. The number of rotatable bonds is 5. The third kappa shape index (κ3) is 6.09. The number of halogens is 1. The molecule has 2 N–H and O–H groups in total. The van der Waals surface area contributed by atoms with E-state index in [4.69, 9.17) is 0 Å². The average Bonchev–Trinajstić information content (AvgIpc) is 3.08. The van der Waals surface area contributed by atoms with E-state index in [1.807, 2.05) is 24.1 Å². The number of anilines is 1. The first-order valence-electron chi connectivity index (χ1n) is 10.0. The molecule has 1 aromatic rings. The Balaban J connectivity index is 0.00000261. The molecule has 1 saturated carbocycles. The van der Waals surface area contributed by atoms with Gasteiger partial charge in [0.15, 0.2) is 5.96 Å². The smallest absolute Gasteiger partial charge is 0.227 e. The summed E-state index contributed by atoms with van der Waals surface area (Å²) < 4.78 is 0. The predicted molar refractivity (Wildman–Crippen MR) is 123 cm³/mol. The van der Waals surface area contributed by atoms with E-state index in [2.05, 4.69) is 34.7 Å². The first-order chi connectivity index (χ1) is 12.7. The number of nitrogens with zero attached hydrogens (tertiary/aromatic N) is 2. The molecule has 2 atom stereocenters. The summed E-state index contributed by atoms with van der Waals surface area (Å²) in [4.78, 5) is 18.8. The molecule has 1 amide bonds.